The molecule has 1 atom stereocenters. The van der Waals surface area contributed by atoms with E-state index in [1.54, 1.807) is 25.1 Å². The number of hydrogen-bond donors (Lipinski definition) is 2. The second-order valence-electron chi connectivity index (χ2n) is 4.86. The Kier molecular flexibility index (Phi) is 3.90. The van der Waals surface area contributed by atoms with Gasteiger partial charge in [-0.3, -0.25) is 5.21 Å². The summed E-state index contributed by atoms with van der Waals surface area (Å²) in [7, 11) is 0. The van der Waals surface area contributed by atoms with Gasteiger partial charge in [-0.1, -0.05) is 29.4 Å². The fourth-order valence-corrected chi connectivity index (χ4v) is 3.44. The first-order valence-electron chi connectivity index (χ1n) is 6.52. The van der Waals surface area contributed by atoms with Crippen molar-refractivity contribution in [1.82, 2.24) is 5.06 Å². The van der Waals surface area contributed by atoms with Crippen molar-refractivity contribution in [3.63, 3.8) is 0 Å². The van der Waals surface area contributed by atoms with Crippen LogP contribution in [0.3, 0.4) is 0 Å². The van der Waals surface area contributed by atoms with Crippen LogP contribution in [0.2, 0.25) is 5.02 Å². The summed E-state index contributed by atoms with van der Waals surface area (Å²) >= 11 is 7.52. The lowest BCUT2D eigenvalue weighted by atomic mass is 10.1. The zero-order chi connectivity index (χ0) is 15.9. The van der Waals surface area contributed by atoms with Crippen LogP contribution in [0, 0.1) is 0 Å². The number of carbonyl (C=O) groups is 1. The molecular formula is C15H13ClN2O3S. The summed E-state index contributed by atoms with van der Waals surface area (Å²) in [5, 5.41) is 10.8. The van der Waals surface area contributed by atoms with E-state index >= 15 is 0 Å². The topological polar surface area (TPSA) is 75.8 Å². The molecule has 2 aromatic rings. The third kappa shape index (κ3) is 2.72. The first-order valence-corrected chi connectivity index (χ1v) is 7.72. The molecule has 0 saturated carbocycles. The lowest BCUT2D eigenvalue weighted by Crippen LogP contribution is -2.34. The highest BCUT2D eigenvalue weighted by Gasteiger charge is 2.22. The molecular weight excluding hydrogens is 324 g/mol. The molecule has 0 saturated heterocycles. The third-order valence-corrected chi connectivity index (χ3v) is 4.70. The number of carbonyl (C=O) groups excluding carboxylic acids is 1. The van der Waals surface area contributed by atoms with Crippen LogP contribution in [0.5, 0.6) is 11.5 Å². The molecule has 1 aliphatic rings. The minimum absolute atomic E-state index is 0.501. The Bertz CT molecular complexity index is 754. The predicted octanol–water partition coefficient (Wildman–Crippen LogP) is 4.43. The van der Waals surface area contributed by atoms with Crippen molar-refractivity contribution in [2.75, 3.05) is 0 Å². The summed E-state index contributed by atoms with van der Waals surface area (Å²) in [4.78, 5) is 12.9. The number of benzene rings is 2. The van der Waals surface area contributed by atoms with Gasteiger partial charge in [0.15, 0.2) is 0 Å². The van der Waals surface area contributed by atoms with Crippen LogP contribution in [0.25, 0.3) is 0 Å². The van der Waals surface area contributed by atoms with Gasteiger partial charge in [-0.25, -0.2) is 4.79 Å². The number of halogens is 1. The Morgan fingerprint density at radius 1 is 1.27 bits per heavy atom. The summed E-state index contributed by atoms with van der Waals surface area (Å²) in [6.45, 7) is 1.69. The highest BCUT2D eigenvalue weighted by Crippen LogP contribution is 2.48. The number of hydroxylamine groups is 2. The number of amides is 2. The number of rotatable bonds is 2. The van der Waals surface area contributed by atoms with Crippen molar-refractivity contribution >= 4 is 29.4 Å². The zero-order valence-corrected chi connectivity index (χ0v) is 13.2. The first kappa shape index (κ1) is 15.0. The lowest BCUT2D eigenvalue weighted by Gasteiger charge is -2.24. The van der Waals surface area contributed by atoms with Crippen molar-refractivity contribution < 1.29 is 14.7 Å². The molecule has 114 valence electrons. The summed E-state index contributed by atoms with van der Waals surface area (Å²) in [5.41, 5.74) is 5.84. The van der Waals surface area contributed by atoms with Crippen molar-refractivity contribution in [3.8, 4) is 11.5 Å². The fraction of sp³-hybridized carbons (Fsp3) is 0.133. The molecule has 5 nitrogen and oxygen atoms in total. The average molecular weight is 337 g/mol. The normalized spacial score (nSPS) is 13.6. The number of primary amides is 1. The molecule has 0 bridgehead atoms. The van der Waals surface area contributed by atoms with E-state index in [0.29, 0.717) is 10.1 Å². The number of nitrogens with two attached hydrogens (primary N) is 1. The van der Waals surface area contributed by atoms with Crippen LogP contribution >= 0.6 is 23.4 Å². The number of urea groups is 1. The molecule has 1 heterocycles. The Morgan fingerprint density at radius 3 is 2.59 bits per heavy atom. The van der Waals surface area contributed by atoms with Gasteiger partial charge in [0.25, 0.3) is 0 Å². The highest BCUT2D eigenvalue weighted by molar-refractivity contribution is 7.99. The molecule has 3 rings (SSSR count). The Morgan fingerprint density at radius 2 is 1.91 bits per heavy atom. The van der Waals surface area contributed by atoms with Crippen LogP contribution in [0.4, 0.5) is 4.79 Å². The van der Waals surface area contributed by atoms with Crippen molar-refractivity contribution in [3.05, 3.63) is 47.0 Å². The second kappa shape index (κ2) is 5.72. The molecule has 1 aliphatic heterocycles. The standard InChI is InChI=1S/C15H13ClN2O3S/c1-8(18(20)15(17)19)9-2-4-11-13(6-9)22-14-7-10(16)3-5-12(14)21-11/h2-8,20H,1H3,(H2,17,19). The molecule has 3 N–H and O–H groups in total. The van der Waals surface area contributed by atoms with Crippen LogP contribution in [-0.2, 0) is 0 Å². The van der Waals surface area contributed by atoms with E-state index in [1.807, 2.05) is 18.2 Å². The molecule has 2 amide bonds. The minimum atomic E-state index is -0.897. The zero-order valence-electron chi connectivity index (χ0n) is 11.6. The first-order chi connectivity index (χ1) is 10.5. The van der Waals surface area contributed by atoms with Crippen molar-refractivity contribution in [2.45, 2.75) is 22.8 Å². The maximum Gasteiger partial charge on any atom is 0.339 e. The maximum atomic E-state index is 11.1. The SMILES string of the molecule is CC(c1ccc2c(c1)Sc1cc(Cl)ccc1O2)N(O)C(N)=O. The third-order valence-electron chi connectivity index (χ3n) is 3.39. The van der Waals surface area contributed by atoms with Gasteiger partial charge in [-0.15, -0.1) is 0 Å². The van der Waals surface area contributed by atoms with E-state index in [4.69, 9.17) is 22.1 Å². The highest BCUT2D eigenvalue weighted by atomic mass is 35.5. The molecule has 2 aromatic carbocycles. The van der Waals surface area contributed by atoms with E-state index in [2.05, 4.69) is 0 Å². The van der Waals surface area contributed by atoms with E-state index in [0.717, 1.165) is 26.9 Å². The molecule has 22 heavy (non-hydrogen) atoms. The number of hydrogen-bond acceptors (Lipinski definition) is 4. The maximum absolute atomic E-state index is 11.1. The summed E-state index contributed by atoms with van der Waals surface area (Å²) in [5.74, 6) is 1.47. The molecule has 0 spiro atoms. The van der Waals surface area contributed by atoms with E-state index in [9.17, 15) is 10.0 Å². The Labute approximate surface area is 136 Å². The number of nitrogens with zero attached hydrogens (tertiary/aromatic N) is 1. The van der Waals surface area contributed by atoms with Crippen LogP contribution < -0.4 is 10.5 Å². The number of fused-ring (bicyclic) bond motifs is 2. The summed E-state index contributed by atoms with van der Waals surface area (Å²) in [6.07, 6.45) is 0. The minimum Gasteiger partial charge on any atom is -0.455 e. The molecule has 0 aromatic heterocycles. The quantitative estimate of drug-likeness (QED) is 0.536. The molecule has 0 aliphatic carbocycles. The number of ether oxygens (including phenoxy) is 1. The Hall–Kier alpha value is -1.89. The van der Waals surface area contributed by atoms with Gasteiger partial charge in [-0.05, 0) is 42.8 Å². The van der Waals surface area contributed by atoms with Gasteiger partial charge >= 0.3 is 6.03 Å². The van der Waals surface area contributed by atoms with E-state index in [1.165, 1.54) is 11.8 Å². The fourth-order valence-electron chi connectivity index (χ4n) is 2.16. The van der Waals surface area contributed by atoms with Gasteiger partial charge in [0.2, 0.25) is 0 Å². The van der Waals surface area contributed by atoms with Crippen molar-refractivity contribution in [2.24, 2.45) is 5.73 Å². The molecule has 1 unspecified atom stereocenters. The van der Waals surface area contributed by atoms with Gasteiger partial charge in [0.05, 0.1) is 15.8 Å². The van der Waals surface area contributed by atoms with Crippen LogP contribution in [0.15, 0.2) is 46.2 Å². The largest absolute Gasteiger partial charge is 0.455 e. The van der Waals surface area contributed by atoms with E-state index < -0.39 is 12.1 Å². The summed E-state index contributed by atoms with van der Waals surface area (Å²) < 4.78 is 5.83. The smallest absolute Gasteiger partial charge is 0.339 e. The van der Waals surface area contributed by atoms with Crippen molar-refractivity contribution in [1.29, 1.82) is 0 Å². The van der Waals surface area contributed by atoms with Gasteiger partial charge in [0, 0.05) is 5.02 Å². The van der Waals surface area contributed by atoms with Gasteiger partial charge in [-0.2, -0.15) is 5.06 Å². The van der Waals surface area contributed by atoms with Gasteiger partial charge < -0.3 is 10.5 Å². The second-order valence-corrected chi connectivity index (χ2v) is 6.38. The average Bonchev–Trinajstić information content (AvgIpc) is 2.50. The molecule has 0 radical (unpaired) electrons. The lowest BCUT2D eigenvalue weighted by molar-refractivity contribution is -0.0710. The van der Waals surface area contributed by atoms with Crippen LogP contribution in [0.1, 0.15) is 18.5 Å². The molecule has 0 fully saturated rings. The predicted molar refractivity (Wildman–Crippen MR) is 83.7 cm³/mol. The Balaban J connectivity index is 1.93. The van der Waals surface area contributed by atoms with Crippen LogP contribution in [-0.4, -0.2) is 16.3 Å². The summed E-state index contributed by atoms with van der Waals surface area (Å²) in [6, 6.07) is 9.45. The molecule has 7 heteroatoms. The van der Waals surface area contributed by atoms with Gasteiger partial charge in [0.1, 0.15) is 11.5 Å². The monoisotopic (exact) mass is 336 g/mol. The van der Waals surface area contributed by atoms with E-state index in [-0.39, 0.29) is 0 Å².